The predicted octanol–water partition coefficient (Wildman–Crippen LogP) is 5.26. The fourth-order valence-corrected chi connectivity index (χ4v) is 3.47. The third kappa shape index (κ3) is 3.18. The highest BCUT2D eigenvalue weighted by molar-refractivity contribution is 9.10. The van der Waals surface area contributed by atoms with E-state index in [-0.39, 0.29) is 16.7 Å². The molecular formula is C19H11BrF4N2O. The molecule has 8 heteroatoms. The van der Waals surface area contributed by atoms with E-state index in [1.807, 2.05) is 0 Å². The van der Waals surface area contributed by atoms with Crippen LogP contribution >= 0.6 is 15.9 Å². The first kappa shape index (κ1) is 17.9. The summed E-state index contributed by atoms with van der Waals surface area (Å²) in [7, 11) is 0. The molecule has 2 aromatic carbocycles. The quantitative estimate of drug-likeness (QED) is 0.485. The second-order valence-corrected chi connectivity index (χ2v) is 7.12. The zero-order chi connectivity index (χ0) is 19.3. The van der Waals surface area contributed by atoms with Gasteiger partial charge < -0.3 is 0 Å². The average Bonchev–Trinajstić information content (AvgIpc) is 2.99. The topological polar surface area (TPSA) is 34.9 Å². The molecule has 3 nitrogen and oxygen atoms in total. The summed E-state index contributed by atoms with van der Waals surface area (Å²) in [6, 6.07) is 7.47. The lowest BCUT2D eigenvalue weighted by molar-refractivity contribution is -0.137. The molecule has 3 aromatic rings. The van der Waals surface area contributed by atoms with Gasteiger partial charge in [0.2, 0.25) is 0 Å². The first-order valence-corrected chi connectivity index (χ1v) is 8.81. The van der Waals surface area contributed by atoms with Crippen LogP contribution in [0.3, 0.4) is 0 Å². The van der Waals surface area contributed by atoms with Gasteiger partial charge in [0, 0.05) is 16.6 Å². The Balaban J connectivity index is 1.89. The third-order valence-corrected chi connectivity index (χ3v) is 4.96. The number of nitrogens with zero attached hydrogens (tertiary/aromatic N) is 2. The molecule has 0 spiro atoms. The Labute approximate surface area is 159 Å². The molecule has 27 heavy (non-hydrogen) atoms. The summed E-state index contributed by atoms with van der Waals surface area (Å²) in [6.45, 7) is 0.349. The van der Waals surface area contributed by atoms with Gasteiger partial charge in [0.25, 0.3) is 5.56 Å². The van der Waals surface area contributed by atoms with Crippen molar-refractivity contribution in [2.24, 2.45) is 0 Å². The minimum Gasteiger partial charge on any atom is -0.292 e. The van der Waals surface area contributed by atoms with Gasteiger partial charge in [-0.05, 0) is 48.4 Å². The smallest absolute Gasteiger partial charge is 0.292 e. The summed E-state index contributed by atoms with van der Waals surface area (Å²) in [5.41, 5.74) is -0.365. The van der Waals surface area contributed by atoms with E-state index in [1.54, 1.807) is 18.2 Å². The molecule has 1 aliphatic rings. The van der Waals surface area contributed by atoms with Gasteiger partial charge >= 0.3 is 6.18 Å². The number of hydrogen-bond acceptors (Lipinski definition) is 2. The molecule has 0 amide bonds. The van der Waals surface area contributed by atoms with Crippen LogP contribution in [-0.2, 0) is 12.7 Å². The standard InChI is InChI=1S/C19H11BrF4N2O/c20-13-3-1-10(15(21)9-13)7-11-5-6-26-17(11)25-16-8-12(19(22,23)24)2-4-14(16)18(26)27/h1-4,7-9H,5-6H2/b11-7+. The molecule has 4 rings (SSSR count). The molecule has 0 radical (unpaired) electrons. The number of alkyl halides is 3. The normalized spacial score (nSPS) is 15.5. The number of fused-ring (bicyclic) bond motifs is 2. The molecule has 0 aliphatic carbocycles. The molecule has 0 unspecified atom stereocenters. The van der Waals surface area contributed by atoms with E-state index >= 15 is 0 Å². The van der Waals surface area contributed by atoms with E-state index in [1.165, 1.54) is 10.6 Å². The Morgan fingerprint density at radius 2 is 1.93 bits per heavy atom. The Kier molecular flexibility index (Phi) is 4.18. The number of aromatic nitrogens is 2. The van der Waals surface area contributed by atoms with Crippen molar-refractivity contribution in [2.75, 3.05) is 0 Å². The van der Waals surface area contributed by atoms with E-state index in [0.717, 1.165) is 18.2 Å². The monoisotopic (exact) mass is 438 g/mol. The average molecular weight is 439 g/mol. The van der Waals surface area contributed by atoms with Gasteiger partial charge in [-0.2, -0.15) is 13.2 Å². The van der Waals surface area contributed by atoms with E-state index in [9.17, 15) is 22.4 Å². The van der Waals surface area contributed by atoms with E-state index in [4.69, 9.17) is 0 Å². The maximum absolute atomic E-state index is 14.1. The summed E-state index contributed by atoms with van der Waals surface area (Å²) < 4.78 is 55.0. The number of halogens is 5. The summed E-state index contributed by atoms with van der Waals surface area (Å²) in [5.74, 6) is -0.174. The zero-order valence-electron chi connectivity index (χ0n) is 13.6. The SMILES string of the molecule is O=c1c2ccc(C(F)(F)F)cc2nc2n1CC/C2=C\c1ccc(Br)cc1F. The fourth-order valence-electron chi connectivity index (χ4n) is 3.14. The molecule has 0 saturated carbocycles. The van der Waals surface area contributed by atoms with Crippen LogP contribution in [0.2, 0.25) is 0 Å². The van der Waals surface area contributed by atoms with E-state index in [2.05, 4.69) is 20.9 Å². The lowest BCUT2D eigenvalue weighted by Crippen LogP contribution is -2.21. The number of rotatable bonds is 1. The maximum Gasteiger partial charge on any atom is 0.416 e. The second-order valence-electron chi connectivity index (χ2n) is 6.21. The Morgan fingerprint density at radius 3 is 2.63 bits per heavy atom. The van der Waals surface area contributed by atoms with Crippen LogP contribution in [-0.4, -0.2) is 9.55 Å². The molecule has 0 atom stereocenters. The van der Waals surface area contributed by atoms with Gasteiger partial charge in [0.15, 0.2) is 0 Å². The molecule has 0 fully saturated rings. The maximum atomic E-state index is 14.1. The first-order chi connectivity index (χ1) is 12.7. The molecule has 1 aliphatic heterocycles. The highest BCUT2D eigenvalue weighted by Gasteiger charge is 2.31. The lowest BCUT2D eigenvalue weighted by atomic mass is 10.1. The molecule has 138 valence electrons. The molecule has 0 saturated heterocycles. The van der Waals surface area contributed by atoms with Crippen LogP contribution in [0, 0.1) is 5.82 Å². The summed E-state index contributed by atoms with van der Waals surface area (Å²) in [5, 5.41) is 0.128. The molecule has 2 heterocycles. The van der Waals surface area contributed by atoms with Crippen molar-refractivity contribution >= 4 is 38.5 Å². The molecule has 0 bridgehead atoms. The van der Waals surface area contributed by atoms with Crippen molar-refractivity contribution in [3.8, 4) is 0 Å². The summed E-state index contributed by atoms with van der Waals surface area (Å²) in [4.78, 5) is 16.9. The van der Waals surface area contributed by atoms with Crippen LogP contribution in [0.5, 0.6) is 0 Å². The minimum atomic E-state index is -4.52. The predicted molar refractivity (Wildman–Crippen MR) is 97.6 cm³/mol. The largest absolute Gasteiger partial charge is 0.416 e. The Morgan fingerprint density at radius 1 is 1.15 bits per heavy atom. The lowest BCUT2D eigenvalue weighted by Gasteiger charge is -2.09. The van der Waals surface area contributed by atoms with Crippen LogP contribution in [0.4, 0.5) is 17.6 Å². The van der Waals surface area contributed by atoms with Crippen LogP contribution < -0.4 is 5.56 Å². The summed E-state index contributed by atoms with van der Waals surface area (Å²) in [6.07, 6.45) is -2.50. The van der Waals surface area contributed by atoms with Gasteiger partial charge in [0.05, 0.1) is 16.5 Å². The van der Waals surface area contributed by atoms with Crippen molar-refractivity contribution in [1.82, 2.24) is 9.55 Å². The van der Waals surface area contributed by atoms with Crippen molar-refractivity contribution < 1.29 is 17.6 Å². The molecule has 0 N–H and O–H groups in total. The van der Waals surface area contributed by atoms with Gasteiger partial charge in [-0.1, -0.05) is 22.0 Å². The van der Waals surface area contributed by atoms with Crippen molar-refractivity contribution in [3.05, 3.63) is 74.0 Å². The Bertz CT molecular complexity index is 1160. The fraction of sp³-hybridized carbons (Fsp3) is 0.158. The number of hydrogen-bond donors (Lipinski definition) is 0. The third-order valence-electron chi connectivity index (χ3n) is 4.47. The highest BCUT2D eigenvalue weighted by atomic mass is 79.9. The van der Waals surface area contributed by atoms with Crippen LogP contribution in [0.25, 0.3) is 22.6 Å². The van der Waals surface area contributed by atoms with E-state index in [0.29, 0.717) is 28.6 Å². The number of benzene rings is 2. The highest BCUT2D eigenvalue weighted by Crippen LogP contribution is 2.32. The van der Waals surface area contributed by atoms with Crippen molar-refractivity contribution in [2.45, 2.75) is 19.1 Å². The van der Waals surface area contributed by atoms with Crippen LogP contribution in [0.15, 0.2) is 45.7 Å². The van der Waals surface area contributed by atoms with E-state index < -0.39 is 23.1 Å². The Hall–Kier alpha value is -2.48. The van der Waals surface area contributed by atoms with Crippen LogP contribution in [0.1, 0.15) is 23.4 Å². The molecular weight excluding hydrogens is 428 g/mol. The first-order valence-electron chi connectivity index (χ1n) is 8.02. The zero-order valence-corrected chi connectivity index (χ0v) is 15.2. The minimum absolute atomic E-state index is 0.0230. The molecule has 1 aromatic heterocycles. The second kappa shape index (κ2) is 6.30. The van der Waals surface area contributed by atoms with Crippen molar-refractivity contribution in [1.29, 1.82) is 0 Å². The van der Waals surface area contributed by atoms with Crippen molar-refractivity contribution in [3.63, 3.8) is 0 Å². The van der Waals surface area contributed by atoms with Gasteiger partial charge in [0.1, 0.15) is 11.6 Å². The van der Waals surface area contributed by atoms with Gasteiger partial charge in [-0.15, -0.1) is 0 Å². The van der Waals surface area contributed by atoms with Gasteiger partial charge in [-0.3, -0.25) is 9.36 Å². The number of allylic oxidation sites excluding steroid dienone is 1. The van der Waals surface area contributed by atoms with Gasteiger partial charge in [-0.25, -0.2) is 9.37 Å². The summed E-state index contributed by atoms with van der Waals surface area (Å²) >= 11 is 3.18.